The lowest BCUT2D eigenvalue weighted by molar-refractivity contribution is 0.102. The molecule has 1 amide bonds. The van der Waals surface area contributed by atoms with Gasteiger partial charge in [0.2, 0.25) is 0 Å². The summed E-state index contributed by atoms with van der Waals surface area (Å²) in [4.78, 5) is 15.9. The van der Waals surface area contributed by atoms with Crippen molar-refractivity contribution in [3.63, 3.8) is 0 Å². The quantitative estimate of drug-likeness (QED) is 0.902. The van der Waals surface area contributed by atoms with Crippen molar-refractivity contribution in [1.29, 1.82) is 0 Å². The van der Waals surface area contributed by atoms with E-state index in [9.17, 15) is 9.18 Å². The lowest BCUT2D eigenvalue weighted by Crippen LogP contribution is -2.13. The van der Waals surface area contributed by atoms with E-state index in [1.54, 1.807) is 17.1 Å². The molecule has 100 valence electrons. The number of nitrogens with zero attached hydrogens (tertiary/aromatic N) is 2. The molecule has 0 aliphatic heterocycles. The molecule has 0 spiro atoms. The van der Waals surface area contributed by atoms with E-state index in [0.29, 0.717) is 23.2 Å². The first-order valence-electron chi connectivity index (χ1n) is 5.58. The third-order valence-corrected chi connectivity index (χ3v) is 3.04. The Morgan fingerprint density at radius 1 is 1.53 bits per heavy atom. The van der Waals surface area contributed by atoms with Gasteiger partial charge in [0.15, 0.2) is 0 Å². The summed E-state index contributed by atoms with van der Waals surface area (Å²) in [5.41, 5.74) is 6.19. The molecule has 2 aromatic rings. The zero-order valence-electron chi connectivity index (χ0n) is 9.94. The second-order valence-corrected chi connectivity index (χ2v) is 4.72. The fraction of sp³-hybridized carbons (Fsp3) is 0.167. The van der Waals surface area contributed by atoms with Crippen molar-refractivity contribution < 1.29 is 9.18 Å². The maximum atomic E-state index is 13.1. The lowest BCUT2D eigenvalue weighted by Gasteiger charge is -2.04. The van der Waals surface area contributed by atoms with Gasteiger partial charge in [-0.15, -0.1) is 0 Å². The summed E-state index contributed by atoms with van der Waals surface area (Å²) < 4.78 is 15.1. The molecular formula is C12H12BrFN4O. The van der Waals surface area contributed by atoms with Gasteiger partial charge in [-0.3, -0.25) is 4.79 Å². The average molecular weight is 327 g/mol. The summed E-state index contributed by atoms with van der Waals surface area (Å²) in [5, 5.41) is 2.64. The summed E-state index contributed by atoms with van der Waals surface area (Å²) in [7, 11) is 0. The highest BCUT2D eigenvalue weighted by Crippen LogP contribution is 2.20. The van der Waals surface area contributed by atoms with Crippen molar-refractivity contribution >= 4 is 27.5 Å². The number of carbonyl (C=O) groups is 1. The molecule has 0 radical (unpaired) electrons. The molecule has 0 bridgehead atoms. The van der Waals surface area contributed by atoms with Crippen LogP contribution in [0.4, 0.5) is 10.1 Å². The van der Waals surface area contributed by atoms with Crippen LogP contribution in [-0.2, 0) is 6.54 Å². The van der Waals surface area contributed by atoms with Crippen LogP contribution in [0, 0.1) is 5.82 Å². The van der Waals surface area contributed by atoms with E-state index in [2.05, 4.69) is 26.2 Å². The molecule has 0 fully saturated rings. The van der Waals surface area contributed by atoms with E-state index in [1.165, 1.54) is 18.2 Å². The van der Waals surface area contributed by atoms with E-state index < -0.39 is 0 Å². The van der Waals surface area contributed by atoms with Gasteiger partial charge >= 0.3 is 0 Å². The monoisotopic (exact) mass is 326 g/mol. The van der Waals surface area contributed by atoms with Gasteiger partial charge in [-0.25, -0.2) is 9.37 Å². The minimum absolute atomic E-state index is 0.286. The number of nitrogens with one attached hydrogen (secondary N) is 1. The number of nitrogens with two attached hydrogens (primary N) is 1. The zero-order valence-corrected chi connectivity index (χ0v) is 11.5. The SMILES string of the molecule is NCCn1cnc(C(=O)Nc2ccc(F)c(Br)c2)c1. The fourth-order valence-electron chi connectivity index (χ4n) is 1.52. The van der Waals surface area contributed by atoms with E-state index in [-0.39, 0.29) is 17.4 Å². The van der Waals surface area contributed by atoms with E-state index in [4.69, 9.17) is 5.73 Å². The topological polar surface area (TPSA) is 72.9 Å². The molecular weight excluding hydrogens is 315 g/mol. The third-order valence-electron chi connectivity index (χ3n) is 2.43. The van der Waals surface area contributed by atoms with E-state index >= 15 is 0 Å². The molecule has 2 rings (SSSR count). The van der Waals surface area contributed by atoms with Gasteiger partial charge in [-0.1, -0.05) is 0 Å². The van der Waals surface area contributed by atoms with Gasteiger partial charge in [0.05, 0.1) is 10.8 Å². The van der Waals surface area contributed by atoms with Gasteiger partial charge in [0.1, 0.15) is 11.5 Å². The van der Waals surface area contributed by atoms with Crippen LogP contribution < -0.4 is 11.1 Å². The normalized spacial score (nSPS) is 10.5. The fourth-order valence-corrected chi connectivity index (χ4v) is 1.90. The van der Waals surface area contributed by atoms with Crippen molar-refractivity contribution in [1.82, 2.24) is 9.55 Å². The molecule has 19 heavy (non-hydrogen) atoms. The molecule has 0 aliphatic rings. The highest BCUT2D eigenvalue weighted by molar-refractivity contribution is 9.10. The number of hydrogen-bond donors (Lipinski definition) is 2. The van der Waals surface area contributed by atoms with Crippen LogP contribution in [0.25, 0.3) is 0 Å². The molecule has 5 nitrogen and oxygen atoms in total. The number of amides is 1. The van der Waals surface area contributed by atoms with Crippen molar-refractivity contribution in [2.45, 2.75) is 6.54 Å². The van der Waals surface area contributed by atoms with Gasteiger partial charge in [-0.05, 0) is 34.1 Å². The Labute approximate surface area is 117 Å². The lowest BCUT2D eigenvalue weighted by atomic mass is 10.3. The first-order chi connectivity index (χ1) is 9.10. The maximum Gasteiger partial charge on any atom is 0.275 e. The Bertz CT molecular complexity index is 599. The number of aromatic nitrogens is 2. The van der Waals surface area contributed by atoms with Crippen LogP contribution in [0.2, 0.25) is 0 Å². The Balaban J connectivity index is 2.09. The molecule has 0 saturated heterocycles. The van der Waals surface area contributed by atoms with Crippen LogP contribution in [0.15, 0.2) is 35.2 Å². The maximum absolute atomic E-state index is 13.1. The van der Waals surface area contributed by atoms with Gasteiger partial charge in [0.25, 0.3) is 5.91 Å². The number of carbonyl (C=O) groups excluding carboxylic acids is 1. The Morgan fingerprint density at radius 3 is 3.00 bits per heavy atom. The minimum Gasteiger partial charge on any atom is -0.335 e. The third kappa shape index (κ3) is 3.39. The standard InChI is InChI=1S/C12H12BrFN4O/c13-9-5-8(1-2-10(9)14)17-12(19)11-6-18(4-3-15)7-16-11/h1-2,5-7H,3-4,15H2,(H,17,19). The van der Waals surface area contributed by atoms with Crippen molar-refractivity contribution in [3.05, 3.63) is 46.7 Å². The first-order valence-corrected chi connectivity index (χ1v) is 6.37. The van der Waals surface area contributed by atoms with E-state index in [0.717, 1.165) is 0 Å². The molecule has 0 unspecified atom stereocenters. The number of anilines is 1. The van der Waals surface area contributed by atoms with Crippen LogP contribution in [0.3, 0.4) is 0 Å². The van der Waals surface area contributed by atoms with Crippen LogP contribution in [-0.4, -0.2) is 22.0 Å². The highest BCUT2D eigenvalue weighted by atomic mass is 79.9. The molecule has 1 aromatic heterocycles. The minimum atomic E-state index is -0.384. The van der Waals surface area contributed by atoms with Crippen molar-refractivity contribution in [2.24, 2.45) is 5.73 Å². The van der Waals surface area contributed by atoms with E-state index in [1.807, 2.05) is 0 Å². The van der Waals surface area contributed by atoms with Crippen LogP contribution >= 0.6 is 15.9 Å². The molecule has 0 atom stereocenters. The average Bonchev–Trinajstić information content (AvgIpc) is 2.83. The van der Waals surface area contributed by atoms with Gasteiger partial charge < -0.3 is 15.6 Å². The van der Waals surface area contributed by atoms with Crippen LogP contribution in [0.5, 0.6) is 0 Å². The van der Waals surface area contributed by atoms with Crippen molar-refractivity contribution in [2.75, 3.05) is 11.9 Å². The smallest absolute Gasteiger partial charge is 0.275 e. The summed E-state index contributed by atoms with van der Waals surface area (Å²) >= 11 is 3.06. The van der Waals surface area contributed by atoms with Gasteiger partial charge in [0, 0.05) is 25.0 Å². The number of hydrogen-bond acceptors (Lipinski definition) is 3. The zero-order chi connectivity index (χ0) is 13.8. The molecule has 0 saturated carbocycles. The predicted octanol–water partition coefficient (Wildman–Crippen LogP) is 2.00. The second kappa shape index (κ2) is 5.94. The van der Waals surface area contributed by atoms with Crippen LogP contribution in [0.1, 0.15) is 10.5 Å². The highest BCUT2D eigenvalue weighted by Gasteiger charge is 2.10. The Hall–Kier alpha value is -1.73. The second-order valence-electron chi connectivity index (χ2n) is 3.87. The molecule has 1 aromatic carbocycles. The summed E-state index contributed by atoms with van der Waals surface area (Å²) in [6.45, 7) is 1.07. The number of benzene rings is 1. The number of halogens is 2. The first kappa shape index (κ1) is 13.7. The Kier molecular flexibility index (Phi) is 4.28. The summed E-state index contributed by atoms with van der Waals surface area (Å²) in [6.07, 6.45) is 3.16. The number of rotatable bonds is 4. The molecule has 1 heterocycles. The summed E-state index contributed by atoms with van der Waals surface area (Å²) in [6, 6.07) is 4.24. The van der Waals surface area contributed by atoms with Gasteiger partial charge in [-0.2, -0.15) is 0 Å². The van der Waals surface area contributed by atoms with Crippen molar-refractivity contribution in [3.8, 4) is 0 Å². The Morgan fingerprint density at radius 2 is 2.32 bits per heavy atom. The molecule has 3 N–H and O–H groups in total. The molecule has 7 heteroatoms. The molecule has 0 aliphatic carbocycles. The largest absolute Gasteiger partial charge is 0.335 e. The predicted molar refractivity (Wildman–Crippen MR) is 73.3 cm³/mol. The number of imidazole rings is 1. The summed E-state index contributed by atoms with van der Waals surface area (Å²) in [5.74, 6) is -0.737.